The van der Waals surface area contributed by atoms with E-state index in [2.05, 4.69) is 11.9 Å². The number of carbonyl (C=O) groups excluding carboxylic acids is 2. The number of anilines is 2. The van der Waals surface area contributed by atoms with Gasteiger partial charge in [-0.3, -0.25) is 9.59 Å². The lowest BCUT2D eigenvalue weighted by atomic mass is 9.99. The highest BCUT2D eigenvalue weighted by Gasteiger charge is 2.16. The second-order valence-corrected chi connectivity index (χ2v) is 4.02. The summed E-state index contributed by atoms with van der Waals surface area (Å²) in [6, 6.07) is 4.82. The van der Waals surface area contributed by atoms with Crippen LogP contribution in [0.2, 0.25) is 0 Å². The average Bonchev–Trinajstić information content (AvgIpc) is 2.30. The van der Waals surface area contributed by atoms with E-state index in [4.69, 9.17) is 5.73 Å². The molecule has 3 N–H and O–H groups in total. The number of nitrogens with two attached hydrogens (primary N) is 1. The second-order valence-electron chi connectivity index (χ2n) is 4.02. The molecular weight excluding hydrogens is 216 g/mol. The van der Waals surface area contributed by atoms with Crippen LogP contribution in [0.3, 0.4) is 0 Å². The van der Waals surface area contributed by atoms with Gasteiger partial charge in [0.2, 0.25) is 5.91 Å². The van der Waals surface area contributed by atoms with Gasteiger partial charge >= 0.3 is 0 Å². The Morgan fingerprint density at radius 1 is 1.41 bits per heavy atom. The van der Waals surface area contributed by atoms with Crippen LogP contribution in [-0.4, -0.2) is 11.7 Å². The van der Waals surface area contributed by atoms with Crippen LogP contribution >= 0.6 is 0 Å². The Kier molecular flexibility index (Phi) is 4.04. The molecule has 4 heteroatoms. The summed E-state index contributed by atoms with van der Waals surface area (Å²) in [5, 5.41) is 2.59. The zero-order chi connectivity index (χ0) is 13.0. The first-order valence-electron chi connectivity index (χ1n) is 5.33. The molecule has 0 atom stereocenters. The van der Waals surface area contributed by atoms with Gasteiger partial charge in [-0.1, -0.05) is 20.4 Å². The summed E-state index contributed by atoms with van der Waals surface area (Å²) >= 11 is 0. The van der Waals surface area contributed by atoms with Crippen LogP contribution in [0.4, 0.5) is 11.4 Å². The molecule has 0 spiro atoms. The normalized spacial score (nSPS) is 10.1. The number of hydrogen-bond acceptors (Lipinski definition) is 3. The van der Waals surface area contributed by atoms with E-state index < -0.39 is 0 Å². The van der Waals surface area contributed by atoms with Gasteiger partial charge in [-0.05, 0) is 24.3 Å². The number of Topliss-reactive ketones (excluding diaryl/α,β-unsaturated/α-hetero) is 1. The highest BCUT2D eigenvalue weighted by atomic mass is 16.1. The molecule has 0 aliphatic heterocycles. The van der Waals surface area contributed by atoms with Gasteiger partial charge in [0.25, 0.3) is 0 Å². The van der Waals surface area contributed by atoms with Gasteiger partial charge < -0.3 is 11.1 Å². The van der Waals surface area contributed by atoms with Gasteiger partial charge in [0.05, 0.1) is 5.69 Å². The van der Waals surface area contributed by atoms with E-state index >= 15 is 0 Å². The fourth-order valence-corrected chi connectivity index (χ4v) is 1.37. The molecule has 1 aromatic rings. The lowest BCUT2D eigenvalue weighted by Crippen LogP contribution is -2.15. The lowest BCUT2D eigenvalue weighted by molar-refractivity contribution is -0.111. The van der Waals surface area contributed by atoms with E-state index in [-0.39, 0.29) is 17.6 Å². The van der Waals surface area contributed by atoms with E-state index in [9.17, 15) is 9.59 Å². The van der Waals surface area contributed by atoms with Crippen molar-refractivity contribution >= 4 is 23.1 Å². The highest BCUT2D eigenvalue weighted by molar-refractivity contribution is 6.08. The molecule has 0 heterocycles. The van der Waals surface area contributed by atoms with Gasteiger partial charge in [-0.15, -0.1) is 0 Å². The molecule has 1 rings (SSSR count). The Morgan fingerprint density at radius 2 is 2.06 bits per heavy atom. The predicted octanol–water partition coefficient (Wildman–Crippen LogP) is 2.23. The van der Waals surface area contributed by atoms with Crippen molar-refractivity contribution in [3.63, 3.8) is 0 Å². The van der Waals surface area contributed by atoms with Crippen molar-refractivity contribution in [1.29, 1.82) is 0 Å². The molecule has 1 amide bonds. The van der Waals surface area contributed by atoms with E-state index in [1.807, 2.05) is 0 Å². The number of amides is 1. The number of carbonyl (C=O) groups is 2. The van der Waals surface area contributed by atoms with Crippen molar-refractivity contribution in [2.75, 3.05) is 11.1 Å². The fraction of sp³-hybridized carbons (Fsp3) is 0.231. The van der Waals surface area contributed by atoms with Crippen molar-refractivity contribution in [3.8, 4) is 0 Å². The first-order chi connectivity index (χ1) is 7.95. The Balaban J connectivity index is 3.16. The molecule has 17 heavy (non-hydrogen) atoms. The summed E-state index contributed by atoms with van der Waals surface area (Å²) < 4.78 is 0. The zero-order valence-electron chi connectivity index (χ0n) is 9.99. The van der Waals surface area contributed by atoms with E-state index in [1.54, 1.807) is 32.0 Å². The molecule has 0 aliphatic rings. The van der Waals surface area contributed by atoms with Crippen LogP contribution in [0.1, 0.15) is 24.2 Å². The SMILES string of the molecule is C=CC(=O)Nc1ccc(N)cc1C(=O)C(C)C. The minimum Gasteiger partial charge on any atom is -0.399 e. The summed E-state index contributed by atoms with van der Waals surface area (Å²) in [6.45, 7) is 6.95. The van der Waals surface area contributed by atoms with Crippen molar-refractivity contribution in [2.45, 2.75) is 13.8 Å². The molecule has 0 aromatic heterocycles. The number of nitrogens with one attached hydrogen (secondary N) is 1. The third kappa shape index (κ3) is 3.17. The van der Waals surface area contributed by atoms with Crippen LogP contribution in [0, 0.1) is 5.92 Å². The van der Waals surface area contributed by atoms with Crippen molar-refractivity contribution in [2.24, 2.45) is 5.92 Å². The van der Waals surface area contributed by atoms with Crippen LogP contribution < -0.4 is 11.1 Å². The van der Waals surface area contributed by atoms with Gasteiger partial charge in [-0.2, -0.15) is 0 Å². The van der Waals surface area contributed by atoms with Crippen molar-refractivity contribution in [3.05, 3.63) is 36.4 Å². The molecule has 0 aliphatic carbocycles. The van der Waals surface area contributed by atoms with Gasteiger partial charge in [0.1, 0.15) is 0 Å². The van der Waals surface area contributed by atoms with Gasteiger partial charge in [0.15, 0.2) is 5.78 Å². The smallest absolute Gasteiger partial charge is 0.247 e. The summed E-state index contributed by atoms with van der Waals surface area (Å²) in [5.74, 6) is -0.569. The molecule has 0 saturated heterocycles. The molecular formula is C13H16N2O2. The largest absolute Gasteiger partial charge is 0.399 e. The van der Waals surface area contributed by atoms with E-state index in [0.29, 0.717) is 16.9 Å². The average molecular weight is 232 g/mol. The van der Waals surface area contributed by atoms with Gasteiger partial charge in [0, 0.05) is 17.2 Å². The molecule has 0 saturated carbocycles. The molecule has 0 unspecified atom stereocenters. The van der Waals surface area contributed by atoms with Gasteiger partial charge in [-0.25, -0.2) is 0 Å². The Labute approximate surface area is 101 Å². The maximum atomic E-state index is 12.0. The summed E-state index contributed by atoms with van der Waals surface area (Å²) in [7, 11) is 0. The first kappa shape index (κ1) is 13.0. The topological polar surface area (TPSA) is 72.2 Å². The van der Waals surface area contributed by atoms with Crippen molar-refractivity contribution in [1.82, 2.24) is 0 Å². The summed E-state index contributed by atoms with van der Waals surface area (Å²) in [5.41, 5.74) is 7.02. The Bertz CT molecular complexity index is 464. The van der Waals surface area contributed by atoms with E-state index in [0.717, 1.165) is 6.08 Å². The Hall–Kier alpha value is -2.10. The first-order valence-corrected chi connectivity index (χ1v) is 5.33. The molecule has 1 aromatic carbocycles. The number of benzene rings is 1. The number of nitrogen functional groups attached to an aromatic ring is 1. The fourth-order valence-electron chi connectivity index (χ4n) is 1.37. The Morgan fingerprint density at radius 3 is 2.59 bits per heavy atom. The molecule has 90 valence electrons. The van der Waals surface area contributed by atoms with Crippen LogP contribution in [0.15, 0.2) is 30.9 Å². The highest BCUT2D eigenvalue weighted by Crippen LogP contribution is 2.22. The predicted molar refractivity (Wildman–Crippen MR) is 68.8 cm³/mol. The maximum Gasteiger partial charge on any atom is 0.247 e. The third-order valence-corrected chi connectivity index (χ3v) is 2.28. The van der Waals surface area contributed by atoms with Crippen LogP contribution in [-0.2, 0) is 4.79 Å². The van der Waals surface area contributed by atoms with E-state index in [1.165, 1.54) is 0 Å². The molecule has 0 radical (unpaired) electrons. The summed E-state index contributed by atoms with van der Waals surface area (Å²) in [4.78, 5) is 23.2. The molecule has 4 nitrogen and oxygen atoms in total. The quantitative estimate of drug-likeness (QED) is 0.475. The number of ketones is 1. The number of hydrogen-bond donors (Lipinski definition) is 2. The number of rotatable bonds is 4. The standard InChI is InChI=1S/C13H16N2O2/c1-4-12(16)15-11-6-5-9(14)7-10(11)13(17)8(2)3/h4-8H,1,14H2,2-3H3,(H,15,16). The minimum absolute atomic E-state index is 0.0586. The maximum absolute atomic E-state index is 12.0. The molecule has 0 bridgehead atoms. The van der Waals surface area contributed by atoms with Crippen LogP contribution in [0.25, 0.3) is 0 Å². The van der Waals surface area contributed by atoms with Crippen molar-refractivity contribution < 1.29 is 9.59 Å². The zero-order valence-corrected chi connectivity index (χ0v) is 9.99. The minimum atomic E-state index is -0.354. The monoisotopic (exact) mass is 232 g/mol. The lowest BCUT2D eigenvalue weighted by Gasteiger charge is -2.11. The second kappa shape index (κ2) is 5.30. The molecule has 0 fully saturated rings. The third-order valence-electron chi connectivity index (χ3n) is 2.28. The van der Waals surface area contributed by atoms with Crippen LogP contribution in [0.5, 0.6) is 0 Å². The summed E-state index contributed by atoms with van der Waals surface area (Å²) in [6.07, 6.45) is 1.15.